The summed E-state index contributed by atoms with van der Waals surface area (Å²) in [6, 6.07) is 0. The Kier molecular flexibility index (Phi) is 7.53. The number of methoxy groups -OCH3 is 1. The molecule has 0 rings (SSSR count). The Balaban J connectivity index is 5.00. The van der Waals surface area contributed by atoms with Gasteiger partial charge in [0.15, 0.2) is 0 Å². The quantitative estimate of drug-likeness (QED) is 0.623. The van der Waals surface area contributed by atoms with Gasteiger partial charge < -0.3 is 9.47 Å². The highest BCUT2D eigenvalue weighted by atomic mass is 16.5. The molecule has 0 radical (unpaired) electrons. The number of carbonyl (C=O) groups is 1. The van der Waals surface area contributed by atoms with Gasteiger partial charge >= 0.3 is 5.97 Å². The molecule has 0 bridgehead atoms. The highest BCUT2D eigenvalue weighted by Crippen LogP contribution is 2.40. The van der Waals surface area contributed by atoms with Crippen LogP contribution in [0.3, 0.4) is 0 Å². The van der Waals surface area contributed by atoms with Crippen molar-refractivity contribution < 1.29 is 14.3 Å². The summed E-state index contributed by atoms with van der Waals surface area (Å²) in [6.45, 7) is 13.1. The third-order valence-electron chi connectivity index (χ3n) is 3.89. The summed E-state index contributed by atoms with van der Waals surface area (Å²) in [5.41, 5.74) is -0.103. The maximum atomic E-state index is 11.4. The van der Waals surface area contributed by atoms with E-state index in [1.165, 1.54) is 0 Å². The largest absolute Gasteiger partial charge is 0.465 e. The van der Waals surface area contributed by atoms with Crippen LogP contribution in [0.4, 0.5) is 0 Å². The lowest BCUT2D eigenvalue weighted by atomic mass is 9.68. The second kappa shape index (κ2) is 7.78. The molecule has 108 valence electrons. The SMILES string of the molecule is CCC(=O)OCC(CC(C)C)(C(C)C)C(C)OC. The Morgan fingerprint density at radius 2 is 1.72 bits per heavy atom. The number of hydrogen-bond donors (Lipinski definition) is 0. The van der Waals surface area contributed by atoms with Crippen molar-refractivity contribution in [3.8, 4) is 0 Å². The van der Waals surface area contributed by atoms with E-state index in [1.54, 1.807) is 7.11 Å². The number of hydrogen-bond acceptors (Lipinski definition) is 3. The van der Waals surface area contributed by atoms with Crippen LogP contribution in [0.1, 0.15) is 54.4 Å². The number of rotatable bonds is 8. The predicted octanol–water partition coefficient (Wildman–Crippen LogP) is 3.66. The molecule has 0 aliphatic rings. The monoisotopic (exact) mass is 258 g/mol. The summed E-state index contributed by atoms with van der Waals surface area (Å²) in [5, 5.41) is 0. The maximum Gasteiger partial charge on any atom is 0.305 e. The Hall–Kier alpha value is -0.570. The number of carbonyl (C=O) groups excluding carboxylic acids is 1. The molecule has 0 saturated carbocycles. The van der Waals surface area contributed by atoms with Gasteiger partial charge in [-0.2, -0.15) is 0 Å². The van der Waals surface area contributed by atoms with E-state index in [4.69, 9.17) is 9.47 Å². The summed E-state index contributed by atoms with van der Waals surface area (Å²) in [6.07, 6.45) is 1.50. The zero-order valence-corrected chi connectivity index (χ0v) is 13.1. The van der Waals surface area contributed by atoms with Crippen molar-refractivity contribution >= 4 is 5.97 Å². The fourth-order valence-electron chi connectivity index (χ4n) is 2.53. The molecule has 18 heavy (non-hydrogen) atoms. The second-order valence-corrected chi connectivity index (χ2v) is 5.88. The molecule has 2 atom stereocenters. The molecule has 2 unspecified atom stereocenters. The summed E-state index contributed by atoms with van der Waals surface area (Å²) in [4.78, 5) is 11.4. The van der Waals surface area contributed by atoms with Crippen LogP contribution in [0.25, 0.3) is 0 Å². The molecule has 0 aromatic heterocycles. The third kappa shape index (κ3) is 4.60. The molecule has 0 aliphatic heterocycles. The van der Waals surface area contributed by atoms with Crippen LogP contribution in [0.5, 0.6) is 0 Å². The molecule has 0 heterocycles. The van der Waals surface area contributed by atoms with E-state index in [1.807, 2.05) is 6.92 Å². The second-order valence-electron chi connectivity index (χ2n) is 5.88. The van der Waals surface area contributed by atoms with Crippen molar-refractivity contribution in [1.29, 1.82) is 0 Å². The van der Waals surface area contributed by atoms with E-state index < -0.39 is 0 Å². The molecule has 0 N–H and O–H groups in total. The molecule has 0 saturated heterocycles. The Bertz CT molecular complexity index is 248. The van der Waals surface area contributed by atoms with Crippen molar-refractivity contribution in [2.24, 2.45) is 17.3 Å². The van der Waals surface area contributed by atoms with E-state index in [9.17, 15) is 4.79 Å². The molecular weight excluding hydrogens is 228 g/mol. The molecule has 0 spiro atoms. The molecule has 0 aromatic carbocycles. The lowest BCUT2D eigenvalue weighted by molar-refractivity contribution is -0.155. The number of ether oxygens (including phenoxy) is 2. The fraction of sp³-hybridized carbons (Fsp3) is 0.933. The molecule has 0 fully saturated rings. The van der Waals surface area contributed by atoms with Gasteiger partial charge in [0.2, 0.25) is 0 Å². The van der Waals surface area contributed by atoms with E-state index in [0.717, 1.165) is 6.42 Å². The van der Waals surface area contributed by atoms with Gasteiger partial charge in [0, 0.05) is 18.9 Å². The average Bonchev–Trinajstić information content (AvgIpc) is 2.31. The van der Waals surface area contributed by atoms with Gasteiger partial charge in [-0.3, -0.25) is 4.79 Å². The van der Waals surface area contributed by atoms with Crippen molar-refractivity contribution in [3.63, 3.8) is 0 Å². The van der Waals surface area contributed by atoms with Crippen molar-refractivity contribution in [3.05, 3.63) is 0 Å². The van der Waals surface area contributed by atoms with Crippen molar-refractivity contribution in [1.82, 2.24) is 0 Å². The lowest BCUT2D eigenvalue weighted by Crippen LogP contribution is -2.45. The van der Waals surface area contributed by atoms with E-state index >= 15 is 0 Å². The van der Waals surface area contributed by atoms with Gasteiger partial charge in [-0.25, -0.2) is 0 Å². The summed E-state index contributed by atoms with van der Waals surface area (Å²) in [5.74, 6) is 0.817. The summed E-state index contributed by atoms with van der Waals surface area (Å²) >= 11 is 0. The highest BCUT2D eigenvalue weighted by Gasteiger charge is 2.41. The standard InChI is InChI=1S/C15H30O3/c1-8-14(16)18-10-15(12(4)5,9-11(2)3)13(6)17-7/h11-13H,8-10H2,1-7H3. The molecule has 0 aromatic rings. The van der Waals surface area contributed by atoms with Gasteiger partial charge in [0.25, 0.3) is 0 Å². The first-order chi connectivity index (χ1) is 8.30. The zero-order valence-electron chi connectivity index (χ0n) is 13.1. The maximum absolute atomic E-state index is 11.4. The minimum Gasteiger partial charge on any atom is -0.465 e. The van der Waals surface area contributed by atoms with E-state index in [2.05, 4.69) is 34.6 Å². The van der Waals surface area contributed by atoms with Gasteiger partial charge in [0.05, 0.1) is 12.7 Å². The lowest BCUT2D eigenvalue weighted by Gasteiger charge is -2.42. The van der Waals surface area contributed by atoms with Gasteiger partial charge in [-0.1, -0.05) is 34.6 Å². The van der Waals surface area contributed by atoms with Crippen LogP contribution in [-0.2, 0) is 14.3 Å². The van der Waals surface area contributed by atoms with Gasteiger partial charge in [-0.05, 0) is 25.2 Å². The van der Waals surface area contributed by atoms with Crippen LogP contribution in [0.15, 0.2) is 0 Å². The van der Waals surface area contributed by atoms with Crippen LogP contribution in [-0.4, -0.2) is 25.8 Å². The van der Waals surface area contributed by atoms with Gasteiger partial charge in [0.1, 0.15) is 0 Å². The predicted molar refractivity (Wildman–Crippen MR) is 74.4 cm³/mol. The van der Waals surface area contributed by atoms with Crippen molar-refractivity contribution in [2.45, 2.75) is 60.5 Å². The third-order valence-corrected chi connectivity index (χ3v) is 3.89. The fourth-order valence-corrected chi connectivity index (χ4v) is 2.53. The van der Waals surface area contributed by atoms with E-state index in [-0.39, 0.29) is 17.5 Å². The normalized spacial score (nSPS) is 16.7. The van der Waals surface area contributed by atoms with Gasteiger partial charge in [-0.15, -0.1) is 0 Å². The first kappa shape index (κ1) is 17.4. The Labute approximate surface area is 112 Å². The summed E-state index contributed by atoms with van der Waals surface area (Å²) < 4.78 is 11.0. The Morgan fingerprint density at radius 3 is 2.06 bits per heavy atom. The molecular formula is C15H30O3. The van der Waals surface area contributed by atoms with Crippen LogP contribution in [0.2, 0.25) is 0 Å². The van der Waals surface area contributed by atoms with Crippen LogP contribution < -0.4 is 0 Å². The summed E-state index contributed by atoms with van der Waals surface area (Å²) in [7, 11) is 1.73. The van der Waals surface area contributed by atoms with Crippen molar-refractivity contribution in [2.75, 3.05) is 13.7 Å². The molecule has 3 heteroatoms. The Morgan fingerprint density at radius 1 is 1.17 bits per heavy atom. The van der Waals surface area contributed by atoms with E-state index in [0.29, 0.717) is 24.9 Å². The van der Waals surface area contributed by atoms with Crippen LogP contribution in [0, 0.1) is 17.3 Å². The highest BCUT2D eigenvalue weighted by molar-refractivity contribution is 5.68. The smallest absolute Gasteiger partial charge is 0.305 e. The first-order valence-corrected chi connectivity index (χ1v) is 6.98. The molecule has 0 aliphatic carbocycles. The minimum absolute atomic E-state index is 0.0737. The average molecular weight is 258 g/mol. The zero-order chi connectivity index (χ0) is 14.3. The van der Waals surface area contributed by atoms with Crippen LogP contribution >= 0.6 is 0 Å². The first-order valence-electron chi connectivity index (χ1n) is 6.98. The molecule has 0 amide bonds. The number of esters is 1. The molecule has 3 nitrogen and oxygen atoms in total. The topological polar surface area (TPSA) is 35.5 Å². The minimum atomic E-state index is -0.132.